The Labute approximate surface area is 123 Å². The number of nitrogens with zero attached hydrogens (tertiary/aromatic N) is 1. The van der Waals surface area contributed by atoms with Crippen LogP contribution in [-0.2, 0) is 4.79 Å². The highest BCUT2D eigenvalue weighted by Crippen LogP contribution is 2.18. The number of carbonyl (C=O) groups is 2. The minimum atomic E-state index is -0.337. The van der Waals surface area contributed by atoms with E-state index >= 15 is 0 Å². The first-order valence-electron chi connectivity index (χ1n) is 7.19. The van der Waals surface area contributed by atoms with Gasteiger partial charge in [0.2, 0.25) is 5.91 Å². The van der Waals surface area contributed by atoms with Gasteiger partial charge in [0.15, 0.2) is 0 Å². The average molecular weight is 293 g/mol. The Hall–Kier alpha value is -2.11. The average Bonchev–Trinajstić information content (AvgIpc) is 2.50. The van der Waals surface area contributed by atoms with Gasteiger partial charge in [-0.05, 0) is 44.0 Å². The van der Waals surface area contributed by atoms with E-state index in [-0.39, 0.29) is 23.7 Å². The van der Waals surface area contributed by atoms with Crippen molar-refractivity contribution in [1.29, 1.82) is 0 Å². The highest BCUT2D eigenvalue weighted by Gasteiger charge is 2.26. The van der Waals surface area contributed by atoms with Crippen molar-refractivity contribution in [2.45, 2.75) is 19.8 Å². The van der Waals surface area contributed by atoms with Crippen LogP contribution in [0.1, 0.15) is 19.8 Å². The van der Waals surface area contributed by atoms with E-state index in [2.05, 4.69) is 10.6 Å². The molecule has 2 rings (SSSR count). The molecular weight excluding hydrogens is 273 g/mol. The third-order valence-corrected chi connectivity index (χ3v) is 3.60. The molecular formula is C15H20FN3O2. The Morgan fingerprint density at radius 2 is 1.86 bits per heavy atom. The van der Waals surface area contributed by atoms with Gasteiger partial charge in [-0.15, -0.1) is 0 Å². The molecule has 1 saturated heterocycles. The molecule has 1 aliphatic heterocycles. The zero-order valence-corrected chi connectivity index (χ0v) is 12.1. The van der Waals surface area contributed by atoms with Crippen molar-refractivity contribution in [1.82, 2.24) is 10.2 Å². The number of rotatable bonds is 3. The van der Waals surface area contributed by atoms with Gasteiger partial charge in [-0.25, -0.2) is 9.18 Å². The van der Waals surface area contributed by atoms with Gasteiger partial charge < -0.3 is 15.5 Å². The molecule has 1 aromatic carbocycles. The minimum absolute atomic E-state index is 0.0141. The van der Waals surface area contributed by atoms with Crippen LogP contribution in [0.5, 0.6) is 0 Å². The maximum atomic E-state index is 12.8. The summed E-state index contributed by atoms with van der Waals surface area (Å²) in [6, 6.07) is 5.44. The fraction of sp³-hybridized carbons (Fsp3) is 0.467. The van der Waals surface area contributed by atoms with Crippen LogP contribution in [0.25, 0.3) is 0 Å². The number of nitrogens with one attached hydrogen (secondary N) is 2. The Morgan fingerprint density at radius 1 is 1.24 bits per heavy atom. The van der Waals surface area contributed by atoms with E-state index in [0.717, 1.165) is 0 Å². The topological polar surface area (TPSA) is 61.4 Å². The van der Waals surface area contributed by atoms with E-state index in [9.17, 15) is 14.0 Å². The van der Waals surface area contributed by atoms with Crippen molar-refractivity contribution >= 4 is 17.6 Å². The lowest BCUT2D eigenvalue weighted by Crippen LogP contribution is -2.44. The molecule has 5 nitrogen and oxygen atoms in total. The van der Waals surface area contributed by atoms with Gasteiger partial charge in [-0.3, -0.25) is 4.79 Å². The number of hydrogen-bond donors (Lipinski definition) is 2. The van der Waals surface area contributed by atoms with E-state index in [1.807, 2.05) is 6.92 Å². The SMILES string of the molecule is CCNC(=O)C1CCN(C(=O)Nc2ccc(F)cc2)CC1. The van der Waals surface area contributed by atoms with Crippen LogP contribution in [0, 0.1) is 11.7 Å². The molecule has 21 heavy (non-hydrogen) atoms. The molecule has 0 spiro atoms. The fourth-order valence-electron chi connectivity index (χ4n) is 2.40. The summed E-state index contributed by atoms with van der Waals surface area (Å²) in [5.74, 6) is -0.285. The first-order valence-corrected chi connectivity index (χ1v) is 7.19. The van der Waals surface area contributed by atoms with Gasteiger partial charge in [-0.2, -0.15) is 0 Å². The summed E-state index contributed by atoms with van der Waals surface area (Å²) in [5.41, 5.74) is 0.562. The Kier molecular flexibility index (Phi) is 5.14. The normalized spacial score (nSPS) is 15.6. The van der Waals surface area contributed by atoms with Crippen LogP contribution in [0.3, 0.4) is 0 Å². The van der Waals surface area contributed by atoms with E-state index in [0.29, 0.717) is 38.2 Å². The molecule has 1 fully saturated rings. The third kappa shape index (κ3) is 4.18. The molecule has 2 N–H and O–H groups in total. The summed E-state index contributed by atoms with van der Waals surface area (Å²) >= 11 is 0. The lowest BCUT2D eigenvalue weighted by atomic mass is 9.96. The Bertz CT molecular complexity index is 496. The zero-order valence-electron chi connectivity index (χ0n) is 12.1. The van der Waals surface area contributed by atoms with Crippen LogP contribution in [0.4, 0.5) is 14.9 Å². The number of carbonyl (C=O) groups excluding carboxylic acids is 2. The molecule has 0 radical (unpaired) electrons. The van der Waals surface area contributed by atoms with E-state index < -0.39 is 0 Å². The predicted molar refractivity (Wildman–Crippen MR) is 78.4 cm³/mol. The molecule has 1 heterocycles. The van der Waals surface area contributed by atoms with Crippen molar-refractivity contribution < 1.29 is 14.0 Å². The zero-order chi connectivity index (χ0) is 15.2. The maximum absolute atomic E-state index is 12.8. The Balaban J connectivity index is 1.83. The number of likely N-dealkylation sites (tertiary alicyclic amines) is 1. The summed E-state index contributed by atoms with van der Waals surface area (Å²) in [5, 5.41) is 5.54. The largest absolute Gasteiger partial charge is 0.356 e. The first-order chi connectivity index (χ1) is 10.1. The second kappa shape index (κ2) is 7.06. The molecule has 0 aromatic heterocycles. The standard InChI is InChI=1S/C15H20FN3O2/c1-2-17-14(20)11-7-9-19(10-8-11)15(21)18-13-5-3-12(16)4-6-13/h3-6,11H,2,7-10H2,1H3,(H,17,20)(H,18,21). The highest BCUT2D eigenvalue weighted by atomic mass is 19.1. The number of urea groups is 1. The summed E-state index contributed by atoms with van der Waals surface area (Å²) < 4.78 is 12.8. The second-order valence-electron chi connectivity index (χ2n) is 5.09. The van der Waals surface area contributed by atoms with Crippen LogP contribution in [0.2, 0.25) is 0 Å². The number of piperidine rings is 1. The molecule has 0 bridgehead atoms. The van der Waals surface area contributed by atoms with Gasteiger partial charge in [0.05, 0.1) is 0 Å². The molecule has 3 amide bonds. The van der Waals surface area contributed by atoms with Crippen molar-refractivity contribution in [3.63, 3.8) is 0 Å². The molecule has 6 heteroatoms. The van der Waals surface area contributed by atoms with Gasteiger partial charge in [-0.1, -0.05) is 0 Å². The van der Waals surface area contributed by atoms with Gasteiger partial charge in [0.1, 0.15) is 5.82 Å². The number of amides is 3. The quantitative estimate of drug-likeness (QED) is 0.897. The first kappa shape index (κ1) is 15.3. The van der Waals surface area contributed by atoms with Gasteiger partial charge in [0, 0.05) is 31.2 Å². The van der Waals surface area contributed by atoms with E-state index in [1.165, 1.54) is 24.3 Å². The molecule has 0 aliphatic carbocycles. The molecule has 0 saturated carbocycles. The third-order valence-electron chi connectivity index (χ3n) is 3.60. The predicted octanol–water partition coefficient (Wildman–Crippen LogP) is 2.21. The van der Waals surface area contributed by atoms with E-state index in [1.54, 1.807) is 4.90 Å². The van der Waals surface area contributed by atoms with Crippen molar-refractivity contribution in [3.8, 4) is 0 Å². The summed E-state index contributed by atoms with van der Waals surface area (Å²) in [7, 11) is 0. The number of hydrogen-bond acceptors (Lipinski definition) is 2. The Morgan fingerprint density at radius 3 is 2.43 bits per heavy atom. The van der Waals surface area contributed by atoms with Crippen LogP contribution < -0.4 is 10.6 Å². The molecule has 1 aliphatic rings. The van der Waals surface area contributed by atoms with Crippen molar-refractivity contribution in [3.05, 3.63) is 30.1 Å². The second-order valence-corrected chi connectivity index (χ2v) is 5.09. The lowest BCUT2D eigenvalue weighted by molar-refractivity contribution is -0.126. The van der Waals surface area contributed by atoms with Crippen molar-refractivity contribution in [2.24, 2.45) is 5.92 Å². The summed E-state index contributed by atoms with van der Waals surface area (Å²) in [6.45, 7) is 3.62. The lowest BCUT2D eigenvalue weighted by Gasteiger charge is -2.31. The minimum Gasteiger partial charge on any atom is -0.356 e. The molecule has 114 valence electrons. The highest BCUT2D eigenvalue weighted by molar-refractivity contribution is 5.89. The monoisotopic (exact) mass is 293 g/mol. The number of halogens is 1. The summed E-state index contributed by atoms with van der Waals surface area (Å²) in [4.78, 5) is 25.5. The maximum Gasteiger partial charge on any atom is 0.321 e. The van der Waals surface area contributed by atoms with Crippen LogP contribution >= 0.6 is 0 Å². The van der Waals surface area contributed by atoms with Crippen molar-refractivity contribution in [2.75, 3.05) is 25.0 Å². The van der Waals surface area contributed by atoms with Gasteiger partial charge in [0.25, 0.3) is 0 Å². The molecule has 0 atom stereocenters. The number of benzene rings is 1. The van der Waals surface area contributed by atoms with Crippen LogP contribution in [0.15, 0.2) is 24.3 Å². The molecule has 1 aromatic rings. The fourth-order valence-corrected chi connectivity index (χ4v) is 2.40. The smallest absolute Gasteiger partial charge is 0.321 e. The molecule has 0 unspecified atom stereocenters. The van der Waals surface area contributed by atoms with Crippen LogP contribution in [-0.4, -0.2) is 36.5 Å². The van der Waals surface area contributed by atoms with E-state index in [4.69, 9.17) is 0 Å². The number of anilines is 1. The van der Waals surface area contributed by atoms with Gasteiger partial charge >= 0.3 is 6.03 Å². The summed E-state index contributed by atoms with van der Waals surface area (Å²) in [6.07, 6.45) is 1.34.